The molecule has 1 unspecified atom stereocenters. The predicted molar refractivity (Wildman–Crippen MR) is 111 cm³/mol. The number of hydrogen-bond donors (Lipinski definition) is 2. The summed E-state index contributed by atoms with van der Waals surface area (Å²) in [6.45, 7) is 2.28. The lowest BCUT2D eigenvalue weighted by Gasteiger charge is -2.45. The number of hydrogen-bond acceptors (Lipinski definition) is 3. The number of rotatable bonds is 2. The summed E-state index contributed by atoms with van der Waals surface area (Å²) in [4.78, 5) is 28.8. The summed E-state index contributed by atoms with van der Waals surface area (Å²) >= 11 is 0. The van der Waals surface area contributed by atoms with E-state index in [0.717, 1.165) is 11.6 Å². The number of benzene rings is 1. The van der Waals surface area contributed by atoms with Gasteiger partial charge in [0, 0.05) is 34.8 Å². The van der Waals surface area contributed by atoms with Crippen LogP contribution < -0.4 is 5.32 Å². The molecule has 0 radical (unpaired) electrons. The van der Waals surface area contributed by atoms with Crippen LogP contribution in [0.15, 0.2) is 36.1 Å². The molecule has 2 amide bonds. The number of carbonyl (C=O) groups is 2. The fraction of sp³-hybridized carbons (Fsp3) is 0.304. The lowest BCUT2D eigenvalue weighted by Crippen LogP contribution is -2.46. The van der Waals surface area contributed by atoms with Gasteiger partial charge in [0.25, 0.3) is 5.91 Å². The monoisotopic (exact) mass is 425 g/mol. The molecule has 0 fully saturated rings. The first-order valence-electron chi connectivity index (χ1n) is 9.78. The SMILES string of the molecule is C#CC(=O)N1CCc2c([nH]c3c(F)cc(F)cc23)[C@@H]1C1(C)C=CC(NC(=O)OC)=CC1. The van der Waals surface area contributed by atoms with Gasteiger partial charge in [-0.15, -0.1) is 6.42 Å². The number of ether oxygens (including phenoxy) is 1. The molecule has 0 bridgehead atoms. The normalized spacial score (nSPS) is 22.5. The first kappa shape index (κ1) is 20.7. The number of methoxy groups -OCH3 is 1. The molecule has 1 aliphatic carbocycles. The standard InChI is InChI=1S/C23H21F2N3O3/c1-4-18(29)28-10-7-15-16-11-13(24)12-17(25)19(16)27-20(15)21(28)23(2)8-5-14(6-9-23)26-22(30)31-3/h1,5-6,8,11-12,21,27H,7,9-10H2,2-3H3,(H,26,30)/t21-,23?/m1/s1. The molecule has 2 N–H and O–H groups in total. The van der Waals surface area contributed by atoms with Crippen molar-refractivity contribution in [1.29, 1.82) is 0 Å². The minimum absolute atomic E-state index is 0.207. The third kappa shape index (κ3) is 3.46. The molecule has 2 atom stereocenters. The molecule has 8 heteroatoms. The van der Waals surface area contributed by atoms with Gasteiger partial charge < -0.3 is 14.6 Å². The Labute approximate surface area is 177 Å². The molecule has 0 saturated carbocycles. The van der Waals surface area contributed by atoms with Crippen LogP contribution in [0.2, 0.25) is 0 Å². The van der Waals surface area contributed by atoms with Gasteiger partial charge in [-0.3, -0.25) is 10.1 Å². The lowest BCUT2D eigenvalue weighted by molar-refractivity contribution is -0.130. The second-order valence-electron chi connectivity index (χ2n) is 7.94. The zero-order valence-electron chi connectivity index (χ0n) is 17.1. The zero-order valence-corrected chi connectivity index (χ0v) is 17.1. The van der Waals surface area contributed by atoms with Gasteiger partial charge in [0.1, 0.15) is 11.6 Å². The number of carbonyl (C=O) groups excluding carboxylic acids is 2. The Kier molecular flexibility index (Phi) is 5.05. The summed E-state index contributed by atoms with van der Waals surface area (Å²) in [6, 6.07) is 1.61. The average molecular weight is 425 g/mol. The summed E-state index contributed by atoms with van der Waals surface area (Å²) in [5.41, 5.74) is 1.58. The quantitative estimate of drug-likeness (QED) is 0.721. The van der Waals surface area contributed by atoms with Crippen molar-refractivity contribution in [2.75, 3.05) is 13.7 Å². The molecule has 1 aromatic carbocycles. The van der Waals surface area contributed by atoms with E-state index in [2.05, 4.69) is 21.0 Å². The Morgan fingerprint density at radius 2 is 2.16 bits per heavy atom. The van der Waals surface area contributed by atoms with Crippen molar-refractivity contribution in [3.63, 3.8) is 0 Å². The number of allylic oxidation sites excluding steroid dienone is 2. The number of aromatic amines is 1. The molecule has 2 aromatic rings. The van der Waals surface area contributed by atoms with Crippen LogP contribution in [0.1, 0.15) is 30.6 Å². The largest absolute Gasteiger partial charge is 0.453 e. The van der Waals surface area contributed by atoms with E-state index >= 15 is 0 Å². The first-order chi connectivity index (χ1) is 14.8. The molecule has 0 spiro atoms. The van der Waals surface area contributed by atoms with E-state index in [1.165, 1.54) is 13.2 Å². The maximum Gasteiger partial charge on any atom is 0.411 e. The number of nitrogens with one attached hydrogen (secondary N) is 2. The summed E-state index contributed by atoms with van der Waals surface area (Å²) in [6.07, 6.45) is 11.2. The topological polar surface area (TPSA) is 74.4 Å². The predicted octanol–water partition coefficient (Wildman–Crippen LogP) is 3.71. The van der Waals surface area contributed by atoms with E-state index in [0.29, 0.717) is 36.2 Å². The molecule has 31 heavy (non-hydrogen) atoms. The molecule has 1 aliphatic heterocycles. The third-order valence-corrected chi connectivity index (χ3v) is 6.00. The van der Waals surface area contributed by atoms with Crippen LogP contribution in [-0.2, 0) is 16.0 Å². The maximum absolute atomic E-state index is 14.5. The number of alkyl carbamates (subject to hydrolysis) is 1. The third-order valence-electron chi connectivity index (χ3n) is 6.00. The highest BCUT2D eigenvalue weighted by Gasteiger charge is 2.44. The average Bonchev–Trinajstić information content (AvgIpc) is 3.13. The molecular formula is C23H21F2N3O3. The number of fused-ring (bicyclic) bond motifs is 3. The zero-order chi connectivity index (χ0) is 22.3. The second kappa shape index (κ2) is 7.58. The number of H-pyrrole nitrogens is 1. The van der Waals surface area contributed by atoms with Crippen LogP contribution in [-0.4, -0.2) is 35.5 Å². The van der Waals surface area contributed by atoms with Crippen molar-refractivity contribution in [3.05, 3.63) is 58.9 Å². The molecule has 1 aromatic heterocycles. The van der Waals surface area contributed by atoms with Gasteiger partial charge in [-0.1, -0.05) is 19.1 Å². The van der Waals surface area contributed by atoms with Gasteiger partial charge in [0.15, 0.2) is 0 Å². The first-order valence-corrected chi connectivity index (χ1v) is 9.78. The van der Waals surface area contributed by atoms with Crippen LogP contribution in [0.3, 0.4) is 0 Å². The highest BCUT2D eigenvalue weighted by atomic mass is 19.1. The highest BCUT2D eigenvalue weighted by Crippen LogP contribution is 2.49. The van der Waals surface area contributed by atoms with E-state index in [-0.39, 0.29) is 5.52 Å². The van der Waals surface area contributed by atoms with Crippen LogP contribution in [0.4, 0.5) is 13.6 Å². The number of nitrogens with zero attached hydrogens (tertiary/aromatic N) is 1. The summed E-state index contributed by atoms with van der Waals surface area (Å²) < 4.78 is 33.0. The van der Waals surface area contributed by atoms with Gasteiger partial charge in [-0.2, -0.15) is 0 Å². The minimum atomic E-state index is -0.688. The molecule has 2 aliphatic rings. The van der Waals surface area contributed by atoms with E-state index in [1.807, 2.05) is 19.1 Å². The van der Waals surface area contributed by atoms with E-state index in [4.69, 9.17) is 6.42 Å². The van der Waals surface area contributed by atoms with Gasteiger partial charge in [-0.25, -0.2) is 13.6 Å². The number of amides is 2. The molecule has 2 heterocycles. The molecular weight excluding hydrogens is 404 g/mol. The minimum Gasteiger partial charge on any atom is -0.453 e. The van der Waals surface area contributed by atoms with Crippen molar-refractivity contribution < 1.29 is 23.1 Å². The van der Waals surface area contributed by atoms with Crippen LogP contribution in [0.5, 0.6) is 0 Å². The van der Waals surface area contributed by atoms with Crippen LogP contribution in [0, 0.1) is 29.4 Å². The number of aromatic nitrogens is 1. The highest BCUT2D eigenvalue weighted by molar-refractivity contribution is 5.94. The van der Waals surface area contributed by atoms with Gasteiger partial charge in [-0.05, 0) is 36.5 Å². The van der Waals surface area contributed by atoms with Crippen LogP contribution in [0.25, 0.3) is 10.9 Å². The van der Waals surface area contributed by atoms with E-state index < -0.39 is 35.1 Å². The fourth-order valence-corrected chi connectivity index (χ4v) is 4.51. The Hall–Kier alpha value is -3.60. The van der Waals surface area contributed by atoms with Gasteiger partial charge in [0.05, 0.1) is 18.7 Å². The maximum atomic E-state index is 14.5. The van der Waals surface area contributed by atoms with Gasteiger partial charge >= 0.3 is 6.09 Å². The number of halogens is 2. The smallest absolute Gasteiger partial charge is 0.411 e. The van der Waals surface area contributed by atoms with E-state index in [1.54, 1.807) is 11.0 Å². The van der Waals surface area contributed by atoms with Gasteiger partial charge in [0.2, 0.25) is 0 Å². The summed E-state index contributed by atoms with van der Waals surface area (Å²) in [5, 5.41) is 3.08. The summed E-state index contributed by atoms with van der Waals surface area (Å²) in [5.74, 6) is 0.356. The second-order valence-corrected chi connectivity index (χ2v) is 7.94. The van der Waals surface area contributed by atoms with Crippen LogP contribution >= 0.6 is 0 Å². The fourth-order valence-electron chi connectivity index (χ4n) is 4.51. The Morgan fingerprint density at radius 1 is 1.39 bits per heavy atom. The number of terminal acetylenes is 1. The lowest BCUT2D eigenvalue weighted by atomic mass is 9.72. The Balaban J connectivity index is 1.80. The Morgan fingerprint density at radius 3 is 2.81 bits per heavy atom. The van der Waals surface area contributed by atoms with Crippen molar-refractivity contribution >= 4 is 22.9 Å². The molecule has 0 saturated heterocycles. The van der Waals surface area contributed by atoms with Crippen molar-refractivity contribution in [3.8, 4) is 12.3 Å². The van der Waals surface area contributed by atoms with E-state index in [9.17, 15) is 18.4 Å². The molecule has 6 nitrogen and oxygen atoms in total. The van der Waals surface area contributed by atoms with Crippen molar-refractivity contribution in [1.82, 2.24) is 15.2 Å². The summed E-state index contributed by atoms with van der Waals surface area (Å²) in [7, 11) is 1.28. The van der Waals surface area contributed by atoms with Crippen molar-refractivity contribution in [2.45, 2.75) is 25.8 Å². The Bertz CT molecular complexity index is 1190. The molecule has 4 rings (SSSR count). The molecule has 160 valence electrons. The van der Waals surface area contributed by atoms with Crippen molar-refractivity contribution in [2.24, 2.45) is 5.41 Å².